The number of para-hydroxylation sites is 3. The molecule has 0 aliphatic heterocycles. The second kappa shape index (κ2) is 9.51. The monoisotopic (exact) mass is 450 g/mol. The van der Waals surface area contributed by atoms with E-state index in [-0.39, 0.29) is 17.9 Å². The number of rotatable bonds is 5. The zero-order valence-corrected chi connectivity index (χ0v) is 18.1. The van der Waals surface area contributed by atoms with E-state index in [0.29, 0.717) is 35.5 Å². The van der Waals surface area contributed by atoms with E-state index in [4.69, 9.17) is 20.4 Å². The number of methoxy groups -OCH3 is 1. The van der Waals surface area contributed by atoms with Crippen LogP contribution in [-0.2, 0) is 6.54 Å². The van der Waals surface area contributed by atoms with Crippen LogP contribution in [0.5, 0.6) is 5.75 Å². The third kappa shape index (κ3) is 4.01. The first-order valence-corrected chi connectivity index (χ1v) is 9.60. The van der Waals surface area contributed by atoms with Gasteiger partial charge in [-0.15, -0.1) is 12.4 Å². The predicted octanol–water partition coefficient (Wildman–Crippen LogP) is 3.77. The summed E-state index contributed by atoms with van der Waals surface area (Å²) in [5.41, 5.74) is 9.73. The van der Waals surface area contributed by atoms with Gasteiger partial charge in [0.1, 0.15) is 17.1 Å². The normalized spacial score (nSPS) is 10.4. The molecular formula is C23H23ClN6O2. The van der Waals surface area contributed by atoms with Crippen LogP contribution >= 0.6 is 12.4 Å². The van der Waals surface area contributed by atoms with E-state index in [1.54, 1.807) is 11.7 Å². The molecule has 0 atom stereocenters. The number of imidazole rings is 1. The third-order valence-corrected chi connectivity index (χ3v) is 4.99. The van der Waals surface area contributed by atoms with Gasteiger partial charge in [-0.2, -0.15) is 4.98 Å². The standard InChI is InChI=1S/C23H20N6O.ClH.H2O/c1-30-19-13-7-10-16-20(19)27-23(28-21(16)25-14-15-8-3-2-4-9-15)29-18-12-6-5-11-17(18)26-22(29)24;;/h2-13H,14H2,1H3,(H2,24,26)(H,25,27,28);1H;1H2. The number of nitrogens with one attached hydrogen (secondary N) is 1. The van der Waals surface area contributed by atoms with Crippen LogP contribution in [0.25, 0.3) is 27.9 Å². The van der Waals surface area contributed by atoms with E-state index < -0.39 is 0 Å². The van der Waals surface area contributed by atoms with Gasteiger partial charge in [0.25, 0.3) is 0 Å². The first-order valence-electron chi connectivity index (χ1n) is 9.60. The Hall–Kier alpha value is -3.88. The smallest absolute Gasteiger partial charge is 0.239 e. The van der Waals surface area contributed by atoms with Crippen LogP contribution < -0.4 is 15.8 Å². The lowest BCUT2D eigenvalue weighted by Crippen LogP contribution is -2.10. The summed E-state index contributed by atoms with van der Waals surface area (Å²) in [7, 11) is 1.63. The van der Waals surface area contributed by atoms with Crippen LogP contribution in [0.4, 0.5) is 11.8 Å². The lowest BCUT2D eigenvalue weighted by molar-refractivity contribution is 0.419. The molecule has 0 bridgehead atoms. The minimum Gasteiger partial charge on any atom is -0.494 e. The predicted molar refractivity (Wildman–Crippen MR) is 130 cm³/mol. The molecule has 5 N–H and O–H groups in total. The molecule has 2 heterocycles. The van der Waals surface area contributed by atoms with Crippen molar-refractivity contribution in [3.05, 3.63) is 78.4 Å². The van der Waals surface area contributed by atoms with Crippen LogP contribution in [0.15, 0.2) is 72.8 Å². The van der Waals surface area contributed by atoms with Crippen molar-refractivity contribution in [3.8, 4) is 11.7 Å². The Morgan fingerprint density at radius 2 is 1.66 bits per heavy atom. The molecule has 0 saturated heterocycles. The van der Waals surface area contributed by atoms with Crippen LogP contribution in [0.2, 0.25) is 0 Å². The Morgan fingerprint density at radius 1 is 0.906 bits per heavy atom. The lowest BCUT2D eigenvalue weighted by Gasteiger charge is -2.14. The number of aromatic nitrogens is 4. The average molecular weight is 451 g/mol. The number of halogens is 1. The van der Waals surface area contributed by atoms with Crippen molar-refractivity contribution in [2.45, 2.75) is 6.54 Å². The molecule has 0 amide bonds. The Morgan fingerprint density at radius 3 is 2.44 bits per heavy atom. The van der Waals surface area contributed by atoms with E-state index >= 15 is 0 Å². The molecule has 9 heteroatoms. The summed E-state index contributed by atoms with van der Waals surface area (Å²) in [4.78, 5) is 14.0. The SMILES string of the molecule is COc1cccc2c(NCc3ccccc3)nc(-n3c(N)nc4ccccc43)nc12.Cl.O. The minimum absolute atomic E-state index is 0. The average Bonchev–Trinajstić information content (AvgIpc) is 3.13. The highest BCUT2D eigenvalue weighted by atomic mass is 35.5. The van der Waals surface area contributed by atoms with Crippen molar-refractivity contribution in [1.82, 2.24) is 19.5 Å². The molecule has 0 aliphatic rings. The van der Waals surface area contributed by atoms with E-state index in [2.05, 4.69) is 22.4 Å². The molecule has 2 aromatic heterocycles. The maximum atomic E-state index is 6.24. The van der Waals surface area contributed by atoms with Crippen molar-refractivity contribution in [2.24, 2.45) is 0 Å². The number of nitrogen functional groups attached to an aromatic ring is 1. The summed E-state index contributed by atoms with van der Waals surface area (Å²) in [6.07, 6.45) is 0. The largest absolute Gasteiger partial charge is 0.494 e. The minimum atomic E-state index is 0. The lowest BCUT2D eigenvalue weighted by atomic mass is 10.2. The van der Waals surface area contributed by atoms with Gasteiger partial charge in [0.15, 0.2) is 0 Å². The van der Waals surface area contributed by atoms with E-state index in [0.717, 1.165) is 22.0 Å². The quantitative estimate of drug-likeness (QED) is 0.420. The third-order valence-electron chi connectivity index (χ3n) is 4.99. The summed E-state index contributed by atoms with van der Waals surface area (Å²) in [6, 6.07) is 23.7. The fourth-order valence-corrected chi connectivity index (χ4v) is 3.55. The molecule has 5 aromatic rings. The summed E-state index contributed by atoms with van der Waals surface area (Å²) in [5.74, 6) is 2.14. The molecule has 164 valence electrons. The maximum Gasteiger partial charge on any atom is 0.239 e. The summed E-state index contributed by atoms with van der Waals surface area (Å²) in [5, 5.41) is 4.32. The number of nitrogens with two attached hydrogens (primary N) is 1. The number of benzene rings is 3. The van der Waals surface area contributed by atoms with E-state index in [1.165, 1.54) is 0 Å². The summed E-state index contributed by atoms with van der Waals surface area (Å²) >= 11 is 0. The van der Waals surface area contributed by atoms with Crippen LogP contribution in [0.1, 0.15) is 5.56 Å². The molecule has 0 saturated carbocycles. The Bertz CT molecular complexity index is 1360. The van der Waals surface area contributed by atoms with Gasteiger partial charge in [-0.25, -0.2) is 14.5 Å². The van der Waals surface area contributed by atoms with Gasteiger partial charge in [0.05, 0.1) is 18.1 Å². The van der Waals surface area contributed by atoms with Crippen molar-refractivity contribution in [2.75, 3.05) is 18.2 Å². The highest BCUT2D eigenvalue weighted by Gasteiger charge is 2.17. The van der Waals surface area contributed by atoms with Gasteiger partial charge in [0, 0.05) is 11.9 Å². The van der Waals surface area contributed by atoms with Crippen molar-refractivity contribution >= 4 is 46.1 Å². The molecule has 0 radical (unpaired) electrons. The molecule has 5 rings (SSSR count). The van der Waals surface area contributed by atoms with Gasteiger partial charge in [-0.1, -0.05) is 48.5 Å². The molecule has 3 aromatic carbocycles. The molecule has 0 aliphatic carbocycles. The molecule has 0 fully saturated rings. The number of hydrogen-bond donors (Lipinski definition) is 2. The topological polar surface area (TPSA) is 122 Å². The Balaban J connectivity index is 0.00000144. The summed E-state index contributed by atoms with van der Waals surface area (Å²) in [6.45, 7) is 0.629. The second-order valence-electron chi connectivity index (χ2n) is 6.86. The number of fused-ring (bicyclic) bond motifs is 2. The Kier molecular flexibility index (Phi) is 6.77. The fourth-order valence-electron chi connectivity index (χ4n) is 3.55. The molecule has 0 unspecified atom stereocenters. The zero-order chi connectivity index (χ0) is 20.5. The van der Waals surface area contributed by atoms with Gasteiger partial charge in [0.2, 0.25) is 11.9 Å². The Labute approximate surface area is 190 Å². The molecule has 32 heavy (non-hydrogen) atoms. The van der Waals surface area contributed by atoms with Crippen molar-refractivity contribution in [3.63, 3.8) is 0 Å². The van der Waals surface area contributed by atoms with Crippen LogP contribution in [0, 0.1) is 0 Å². The molecule has 8 nitrogen and oxygen atoms in total. The van der Waals surface area contributed by atoms with E-state index in [9.17, 15) is 0 Å². The van der Waals surface area contributed by atoms with Gasteiger partial charge >= 0.3 is 0 Å². The number of nitrogens with zero attached hydrogens (tertiary/aromatic N) is 4. The van der Waals surface area contributed by atoms with Crippen molar-refractivity contribution < 1.29 is 10.2 Å². The molecule has 0 spiro atoms. The number of ether oxygens (including phenoxy) is 1. The number of hydrogen-bond acceptors (Lipinski definition) is 6. The fraction of sp³-hybridized carbons (Fsp3) is 0.0870. The highest BCUT2D eigenvalue weighted by molar-refractivity contribution is 5.94. The van der Waals surface area contributed by atoms with Gasteiger partial charge < -0.3 is 21.3 Å². The van der Waals surface area contributed by atoms with Crippen LogP contribution in [0.3, 0.4) is 0 Å². The second-order valence-corrected chi connectivity index (χ2v) is 6.86. The van der Waals surface area contributed by atoms with E-state index in [1.807, 2.05) is 60.7 Å². The highest BCUT2D eigenvalue weighted by Crippen LogP contribution is 2.31. The van der Waals surface area contributed by atoms with Crippen molar-refractivity contribution in [1.29, 1.82) is 0 Å². The van der Waals surface area contributed by atoms with Gasteiger partial charge in [-0.05, 0) is 29.8 Å². The number of anilines is 2. The maximum absolute atomic E-state index is 6.24. The first-order chi connectivity index (χ1) is 14.7. The summed E-state index contributed by atoms with van der Waals surface area (Å²) < 4.78 is 7.32. The van der Waals surface area contributed by atoms with Gasteiger partial charge in [-0.3, -0.25) is 0 Å². The van der Waals surface area contributed by atoms with Crippen LogP contribution in [-0.4, -0.2) is 32.1 Å². The first kappa shape index (κ1) is 22.8. The zero-order valence-electron chi connectivity index (χ0n) is 17.3. The molecular weight excluding hydrogens is 428 g/mol.